The predicted molar refractivity (Wildman–Crippen MR) is 156 cm³/mol. The second-order valence-electron chi connectivity index (χ2n) is 11.1. The zero-order chi connectivity index (χ0) is 28.0. The van der Waals surface area contributed by atoms with Crippen molar-refractivity contribution in [3.05, 3.63) is 82.2 Å². The lowest BCUT2D eigenvalue weighted by molar-refractivity contribution is -0.110. The van der Waals surface area contributed by atoms with E-state index in [0.29, 0.717) is 39.7 Å². The van der Waals surface area contributed by atoms with Crippen molar-refractivity contribution in [2.75, 3.05) is 18.4 Å². The van der Waals surface area contributed by atoms with Crippen LogP contribution in [-0.4, -0.2) is 55.3 Å². The number of anilines is 1. The van der Waals surface area contributed by atoms with Crippen LogP contribution in [0, 0.1) is 13.8 Å². The van der Waals surface area contributed by atoms with E-state index in [1.165, 1.54) is 18.9 Å². The number of nitrogens with zero attached hydrogens (tertiary/aromatic N) is 1. The quantitative estimate of drug-likeness (QED) is 0.354. The van der Waals surface area contributed by atoms with Crippen LogP contribution in [0.15, 0.2) is 53.4 Å². The highest BCUT2D eigenvalue weighted by atomic mass is 32.2. The molecule has 208 valence electrons. The lowest BCUT2D eigenvalue weighted by Gasteiger charge is -2.25. The molecule has 2 aromatic carbocycles. The average Bonchev–Trinajstić information content (AvgIpc) is 3.44. The lowest BCUT2D eigenvalue weighted by Crippen LogP contribution is -2.42. The summed E-state index contributed by atoms with van der Waals surface area (Å²) < 4.78 is 26.4. The maximum atomic E-state index is 13.7. The zero-order valence-electron chi connectivity index (χ0n) is 22.8. The summed E-state index contributed by atoms with van der Waals surface area (Å²) in [6, 6.07) is 14.6. The van der Waals surface area contributed by atoms with Crippen LogP contribution in [0.1, 0.15) is 64.1 Å². The van der Waals surface area contributed by atoms with Gasteiger partial charge in [0, 0.05) is 47.8 Å². The zero-order valence-corrected chi connectivity index (χ0v) is 23.6. The maximum absolute atomic E-state index is 13.7. The van der Waals surface area contributed by atoms with Gasteiger partial charge in [-0.25, -0.2) is 8.42 Å². The Morgan fingerprint density at radius 1 is 1.10 bits per heavy atom. The number of aromatic nitrogens is 1. The molecule has 1 saturated heterocycles. The highest BCUT2D eigenvalue weighted by molar-refractivity contribution is 7.90. The SMILES string of the molecule is Cc1[nH]c(C=C2C(=O)Nc3ccc(S(=O)(=O)Cc4ccccc4)cc32)c(C)c1C(=O)N1CCC[C@H]1CNC1CC1. The number of hydrogen-bond donors (Lipinski definition) is 3. The molecule has 9 heteroatoms. The molecule has 0 unspecified atom stereocenters. The Balaban J connectivity index is 1.29. The average molecular weight is 559 g/mol. The summed E-state index contributed by atoms with van der Waals surface area (Å²) in [5, 5.41) is 6.40. The van der Waals surface area contributed by atoms with Crippen molar-refractivity contribution in [2.24, 2.45) is 0 Å². The van der Waals surface area contributed by atoms with E-state index in [4.69, 9.17) is 0 Å². The molecule has 2 aliphatic heterocycles. The van der Waals surface area contributed by atoms with Gasteiger partial charge in [-0.1, -0.05) is 30.3 Å². The summed E-state index contributed by atoms with van der Waals surface area (Å²) in [4.78, 5) is 32.1. The van der Waals surface area contributed by atoms with Gasteiger partial charge in [0.2, 0.25) is 0 Å². The Bertz CT molecular complexity index is 1620. The van der Waals surface area contributed by atoms with Crippen LogP contribution in [0.2, 0.25) is 0 Å². The molecular weight excluding hydrogens is 524 g/mol. The van der Waals surface area contributed by atoms with Crippen molar-refractivity contribution in [1.82, 2.24) is 15.2 Å². The third-order valence-corrected chi connectivity index (χ3v) is 9.85. The van der Waals surface area contributed by atoms with E-state index in [1.807, 2.05) is 36.9 Å². The van der Waals surface area contributed by atoms with Crippen LogP contribution in [-0.2, 0) is 20.4 Å². The van der Waals surface area contributed by atoms with E-state index in [1.54, 1.807) is 30.3 Å². The van der Waals surface area contributed by atoms with Gasteiger partial charge in [0.05, 0.1) is 21.8 Å². The second kappa shape index (κ2) is 10.4. The molecular formula is C31H34N4O4S. The van der Waals surface area contributed by atoms with E-state index in [2.05, 4.69) is 15.6 Å². The monoisotopic (exact) mass is 558 g/mol. The van der Waals surface area contributed by atoms with Crippen molar-refractivity contribution >= 4 is 39.0 Å². The fourth-order valence-electron chi connectivity index (χ4n) is 5.81. The molecule has 2 fully saturated rings. The molecule has 2 amide bonds. The molecule has 8 nitrogen and oxygen atoms in total. The first-order chi connectivity index (χ1) is 19.2. The van der Waals surface area contributed by atoms with Crippen LogP contribution in [0.3, 0.4) is 0 Å². The topological polar surface area (TPSA) is 111 Å². The van der Waals surface area contributed by atoms with Gasteiger partial charge in [-0.05, 0) is 74.9 Å². The van der Waals surface area contributed by atoms with Gasteiger partial charge >= 0.3 is 0 Å². The Labute approximate surface area is 234 Å². The minimum Gasteiger partial charge on any atom is -0.358 e. The van der Waals surface area contributed by atoms with Gasteiger partial charge in [0.1, 0.15) is 0 Å². The minimum atomic E-state index is -3.62. The fourth-order valence-corrected chi connectivity index (χ4v) is 7.18. The number of hydrogen-bond acceptors (Lipinski definition) is 5. The van der Waals surface area contributed by atoms with Gasteiger partial charge in [0.15, 0.2) is 9.84 Å². The van der Waals surface area contributed by atoms with E-state index >= 15 is 0 Å². The number of aromatic amines is 1. The molecule has 3 aromatic rings. The summed E-state index contributed by atoms with van der Waals surface area (Å²) in [5.41, 5.74) is 5.01. The number of fused-ring (bicyclic) bond motifs is 1. The van der Waals surface area contributed by atoms with E-state index < -0.39 is 9.84 Å². The molecule has 0 radical (unpaired) electrons. The first-order valence-corrected chi connectivity index (χ1v) is 15.5. The number of rotatable bonds is 8. The van der Waals surface area contributed by atoms with Crippen LogP contribution in [0.4, 0.5) is 5.69 Å². The summed E-state index contributed by atoms with van der Waals surface area (Å²) in [6.45, 7) is 5.34. The first-order valence-electron chi connectivity index (χ1n) is 13.9. The number of amides is 2. The number of sulfone groups is 1. The molecule has 6 rings (SSSR count). The largest absolute Gasteiger partial charge is 0.358 e. The molecule has 3 aliphatic rings. The number of likely N-dealkylation sites (tertiary alicyclic amines) is 1. The molecule has 0 bridgehead atoms. The van der Waals surface area contributed by atoms with Crippen LogP contribution >= 0.6 is 0 Å². The van der Waals surface area contributed by atoms with Gasteiger partial charge < -0.3 is 20.5 Å². The van der Waals surface area contributed by atoms with Crippen LogP contribution in [0.25, 0.3) is 11.6 Å². The number of H-pyrrole nitrogens is 1. The maximum Gasteiger partial charge on any atom is 0.256 e. The Morgan fingerprint density at radius 3 is 2.62 bits per heavy atom. The van der Waals surface area contributed by atoms with Gasteiger partial charge in [-0.2, -0.15) is 0 Å². The molecule has 1 aromatic heterocycles. The van der Waals surface area contributed by atoms with E-state index in [0.717, 1.165) is 37.2 Å². The summed E-state index contributed by atoms with van der Waals surface area (Å²) in [6.07, 6.45) is 6.15. The molecule has 3 heterocycles. The lowest BCUT2D eigenvalue weighted by atomic mass is 10.0. The summed E-state index contributed by atoms with van der Waals surface area (Å²) >= 11 is 0. The number of carbonyl (C=O) groups is 2. The predicted octanol–water partition coefficient (Wildman–Crippen LogP) is 4.45. The van der Waals surface area contributed by atoms with Gasteiger partial charge in [0.25, 0.3) is 11.8 Å². The van der Waals surface area contributed by atoms with Gasteiger partial charge in [-0.15, -0.1) is 0 Å². The minimum absolute atomic E-state index is 0.0153. The number of nitrogens with one attached hydrogen (secondary N) is 3. The van der Waals surface area contributed by atoms with Crippen molar-refractivity contribution in [3.63, 3.8) is 0 Å². The van der Waals surface area contributed by atoms with Crippen molar-refractivity contribution < 1.29 is 18.0 Å². The van der Waals surface area contributed by atoms with Crippen molar-refractivity contribution in [1.29, 1.82) is 0 Å². The van der Waals surface area contributed by atoms with E-state index in [-0.39, 0.29) is 28.5 Å². The fraction of sp³-hybridized carbons (Fsp3) is 0.355. The third-order valence-electron chi connectivity index (χ3n) is 8.17. The van der Waals surface area contributed by atoms with Crippen LogP contribution < -0.4 is 10.6 Å². The molecule has 0 spiro atoms. The smallest absolute Gasteiger partial charge is 0.256 e. The highest BCUT2D eigenvalue weighted by Crippen LogP contribution is 2.36. The third kappa shape index (κ3) is 5.11. The Kier molecular flexibility index (Phi) is 6.88. The van der Waals surface area contributed by atoms with Crippen molar-refractivity contribution in [2.45, 2.75) is 62.3 Å². The Morgan fingerprint density at radius 2 is 1.88 bits per heavy atom. The van der Waals surface area contributed by atoms with Gasteiger partial charge in [-0.3, -0.25) is 9.59 Å². The number of aryl methyl sites for hydroxylation is 1. The molecule has 3 N–H and O–H groups in total. The normalized spacial score (nSPS) is 19.8. The molecule has 1 saturated carbocycles. The number of carbonyl (C=O) groups excluding carboxylic acids is 2. The standard InChI is InChI=1S/C31H34N4O4S/c1-19-28(33-20(2)29(19)31(37)35-14-6-9-23(35)17-32-22-10-11-22)16-26-25-15-24(12-13-27(25)34-30(26)36)40(38,39)18-21-7-4-3-5-8-21/h3-5,7-8,12-13,15-16,22-23,32-33H,6,9-11,14,17-18H2,1-2H3,(H,34,36)/t23-/m0/s1. The summed E-state index contributed by atoms with van der Waals surface area (Å²) in [7, 11) is -3.62. The highest BCUT2D eigenvalue weighted by Gasteiger charge is 2.34. The molecule has 1 aliphatic carbocycles. The molecule has 40 heavy (non-hydrogen) atoms. The summed E-state index contributed by atoms with van der Waals surface area (Å²) in [5.74, 6) is -0.416. The van der Waals surface area contributed by atoms with E-state index in [9.17, 15) is 18.0 Å². The number of benzene rings is 2. The molecule has 1 atom stereocenters. The van der Waals surface area contributed by atoms with Crippen LogP contribution in [0.5, 0.6) is 0 Å². The van der Waals surface area contributed by atoms with Crippen molar-refractivity contribution in [3.8, 4) is 0 Å². The first kappa shape index (κ1) is 26.5. The second-order valence-corrected chi connectivity index (χ2v) is 13.1. The Hall–Kier alpha value is -3.69.